The van der Waals surface area contributed by atoms with Crippen molar-refractivity contribution in [1.29, 1.82) is 0 Å². The van der Waals surface area contributed by atoms with Crippen molar-refractivity contribution >= 4 is 38.8 Å². The van der Waals surface area contributed by atoms with Crippen molar-refractivity contribution < 1.29 is 13.5 Å². The van der Waals surface area contributed by atoms with Crippen LogP contribution < -0.4 is 4.72 Å². The van der Waals surface area contributed by atoms with Crippen LogP contribution >= 0.6 is 23.1 Å². The van der Waals surface area contributed by atoms with E-state index in [1.807, 2.05) is 12.3 Å². The number of nitrogens with one attached hydrogen (secondary N) is 1. The number of hydrogen-bond donors (Lipinski definition) is 2. The molecule has 0 bridgehead atoms. The lowest BCUT2D eigenvalue weighted by atomic mass is 10.3. The Hall–Kier alpha value is -1.02. The highest BCUT2D eigenvalue weighted by molar-refractivity contribution is 7.98. The topological polar surface area (TPSA) is 66.4 Å². The first kappa shape index (κ1) is 14.4. The van der Waals surface area contributed by atoms with E-state index in [1.54, 1.807) is 35.3 Å². The number of benzene rings is 1. The molecule has 0 saturated heterocycles. The lowest BCUT2D eigenvalue weighted by Crippen LogP contribution is -2.13. The van der Waals surface area contributed by atoms with E-state index in [1.165, 1.54) is 17.4 Å². The quantitative estimate of drug-likeness (QED) is 0.833. The van der Waals surface area contributed by atoms with Crippen LogP contribution in [-0.2, 0) is 16.6 Å². The van der Waals surface area contributed by atoms with Crippen molar-refractivity contribution in [3.8, 4) is 0 Å². The van der Waals surface area contributed by atoms with Gasteiger partial charge < -0.3 is 5.11 Å². The van der Waals surface area contributed by atoms with Gasteiger partial charge in [-0.3, -0.25) is 4.72 Å². The molecule has 0 aliphatic rings. The van der Waals surface area contributed by atoms with Crippen LogP contribution in [0.3, 0.4) is 0 Å². The third-order valence-electron chi connectivity index (χ3n) is 2.46. The van der Waals surface area contributed by atoms with Gasteiger partial charge in [-0.05, 0) is 35.9 Å². The Morgan fingerprint density at radius 3 is 2.84 bits per heavy atom. The molecule has 0 radical (unpaired) electrons. The molecule has 7 heteroatoms. The average molecular weight is 315 g/mol. The first-order valence-corrected chi connectivity index (χ1v) is 8.99. The molecule has 102 valence electrons. The number of sulfonamides is 1. The summed E-state index contributed by atoms with van der Waals surface area (Å²) in [5.74, 6) is 0. The summed E-state index contributed by atoms with van der Waals surface area (Å²) in [5, 5.41) is 10.8. The summed E-state index contributed by atoms with van der Waals surface area (Å²) in [6, 6.07) is 8.67. The second kappa shape index (κ2) is 5.96. The molecule has 0 atom stereocenters. The van der Waals surface area contributed by atoms with Crippen molar-refractivity contribution in [1.82, 2.24) is 0 Å². The molecule has 0 saturated carbocycles. The van der Waals surface area contributed by atoms with Crippen LogP contribution in [0.1, 0.15) is 4.88 Å². The molecule has 1 aromatic heterocycles. The molecule has 1 heterocycles. The van der Waals surface area contributed by atoms with Crippen LogP contribution in [0.2, 0.25) is 0 Å². The summed E-state index contributed by atoms with van der Waals surface area (Å²) in [7, 11) is -3.65. The normalized spacial score (nSPS) is 11.5. The van der Waals surface area contributed by atoms with Gasteiger partial charge in [-0.1, -0.05) is 6.07 Å². The maximum Gasteiger partial charge on any atom is 0.263 e. The maximum absolute atomic E-state index is 12.2. The second-order valence-electron chi connectivity index (χ2n) is 3.70. The highest BCUT2D eigenvalue weighted by Gasteiger charge is 2.19. The Morgan fingerprint density at radius 2 is 2.16 bits per heavy atom. The predicted octanol–water partition coefficient (Wildman–Crippen LogP) is 2.76. The van der Waals surface area contributed by atoms with Gasteiger partial charge in [0.2, 0.25) is 0 Å². The van der Waals surface area contributed by atoms with Gasteiger partial charge in [-0.25, -0.2) is 8.42 Å². The van der Waals surface area contributed by atoms with Gasteiger partial charge in [0.25, 0.3) is 10.0 Å². The fourth-order valence-corrected chi connectivity index (χ4v) is 4.39. The Bertz CT molecular complexity index is 664. The highest BCUT2D eigenvalue weighted by atomic mass is 32.2. The van der Waals surface area contributed by atoms with Gasteiger partial charge >= 0.3 is 0 Å². The zero-order chi connectivity index (χ0) is 13.9. The molecule has 0 fully saturated rings. The number of anilines is 1. The molecule has 1 aromatic carbocycles. The van der Waals surface area contributed by atoms with Crippen molar-refractivity contribution in [2.75, 3.05) is 11.0 Å². The molecule has 0 aliphatic heterocycles. The van der Waals surface area contributed by atoms with Crippen molar-refractivity contribution in [3.05, 3.63) is 40.6 Å². The standard InChI is InChI=1S/C12H13NO3S3/c1-17-10-4-2-3-9(7-10)13-19(15,16)12-5-6-18-11(12)8-14/h2-7,13-14H,8H2,1H3. The smallest absolute Gasteiger partial charge is 0.263 e. The van der Waals surface area contributed by atoms with Crippen LogP contribution in [0.4, 0.5) is 5.69 Å². The summed E-state index contributed by atoms with van der Waals surface area (Å²) in [6.45, 7) is -0.279. The summed E-state index contributed by atoms with van der Waals surface area (Å²) in [5.41, 5.74) is 0.516. The van der Waals surface area contributed by atoms with Gasteiger partial charge in [0.05, 0.1) is 11.5 Å². The number of thioether (sulfide) groups is 1. The molecular weight excluding hydrogens is 302 g/mol. The molecule has 2 rings (SSSR count). The minimum atomic E-state index is -3.65. The van der Waals surface area contributed by atoms with E-state index in [0.717, 1.165) is 4.90 Å². The van der Waals surface area contributed by atoms with Crippen molar-refractivity contribution in [2.45, 2.75) is 16.4 Å². The van der Waals surface area contributed by atoms with Crippen LogP contribution in [0.5, 0.6) is 0 Å². The Kier molecular flexibility index (Phi) is 4.51. The molecule has 2 aromatic rings. The van der Waals surface area contributed by atoms with E-state index < -0.39 is 10.0 Å². The molecule has 19 heavy (non-hydrogen) atoms. The van der Waals surface area contributed by atoms with E-state index in [2.05, 4.69) is 4.72 Å². The van der Waals surface area contributed by atoms with Crippen LogP contribution in [0.15, 0.2) is 45.5 Å². The Balaban J connectivity index is 2.31. The van der Waals surface area contributed by atoms with Gasteiger partial charge in [-0.2, -0.15) is 0 Å². The fraction of sp³-hybridized carbons (Fsp3) is 0.167. The van der Waals surface area contributed by atoms with E-state index in [4.69, 9.17) is 5.11 Å². The SMILES string of the molecule is CSc1cccc(NS(=O)(=O)c2ccsc2CO)c1. The van der Waals surface area contributed by atoms with Crippen molar-refractivity contribution in [2.24, 2.45) is 0 Å². The van der Waals surface area contributed by atoms with Crippen molar-refractivity contribution in [3.63, 3.8) is 0 Å². The number of aliphatic hydroxyl groups excluding tert-OH is 1. The number of rotatable bonds is 5. The molecular formula is C12H13NO3S3. The summed E-state index contributed by atoms with van der Waals surface area (Å²) >= 11 is 2.76. The summed E-state index contributed by atoms with van der Waals surface area (Å²) in [4.78, 5) is 1.55. The largest absolute Gasteiger partial charge is 0.391 e. The van der Waals surface area contributed by atoms with Crippen LogP contribution in [0, 0.1) is 0 Å². The highest BCUT2D eigenvalue weighted by Crippen LogP contribution is 2.25. The molecule has 0 unspecified atom stereocenters. The second-order valence-corrected chi connectivity index (χ2v) is 7.23. The van der Waals surface area contributed by atoms with Crippen LogP contribution in [0.25, 0.3) is 0 Å². The van der Waals surface area contributed by atoms with Gasteiger partial charge in [0.1, 0.15) is 4.90 Å². The zero-order valence-electron chi connectivity index (χ0n) is 10.2. The number of thiophene rings is 1. The average Bonchev–Trinajstić information content (AvgIpc) is 2.87. The minimum Gasteiger partial charge on any atom is -0.391 e. The number of hydrogen-bond acceptors (Lipinski definition) is 5. The fourth-order valence-electron chi connectivity index (χ4n) is 1.58. The third-order valence-corrected chi connectivity index (χ3v) is 5.69. The summed E-state index contributed by atoms with van der Waals surface area (Å²) in [6.07, 6.45) is 1.93. The summed E-state index contributed by atoms with van der Waals surface area (Å²) < 4.78 is 27.0. The molecule has 0 spiro atoms. The lowest BCUT2D eigenvalue weighted by molar-refractivity contribution is 0.282. The molecule has 0 aliphatic carbocycles. The third kappa shape index (κ3) is 3.30. The Labute approximate surface area is 120 Å². The predicted molar refractivity (Wildman–Crippen MR) is 79.3 cm³/mol. The van der Waals surface area contributed by atoms with Crippen LogP contribution in [-0.4, -0.2) is 19.8 Å². The van der Waals surface area contributed by atoms with E-state index in [9.17, 15) is 8.42 Å². The maximum atomic E-state index is 12.2. The number of aliphatic hydroxyl groups is 1. The molecule has 0 amide bonds. The first-order valence-electron chi connectivity index (χ1n) is 5.41. The molecule has 4 nitrogen and oxygen atoms in total. The molecule has 2 N–H and O–H groups in total. The lowest BCUT2D eigenvalue weighted by Gasteiger charge is -2.09. The minimum absolute atomic E-state index is 0.134. The van der Waals surface area contributed by atoms with Gasteiger partial charge in [0, 0.05) is 10.6 Å². The first-order chi connectivity index (χ1) is 9.06. The van der Waals surface area contributed by atoms with Gasteiger partial charge in [0.15, 0.2) is 0 Å². The zero-order valence-corrected chi connectivity index (χ0v) is 12.6. The van der Waals surface area contributed by atoms with E-state index in [0.29, 0.717) is 10.6 Å². The Morgan fingerprint density at radius 1 is 1.37 bits per heavy atom. The van der Waals surface area contributed by atoms with Gasteiger partial charge in [-0.15, -0.1) is 23.1 Å². The van der Waals surface area contributed by atoms with E-state index in [-0.39, 0.29) is 11.5 Å². The monoisotopic (exact) mass is 315 g/mol. The van der Waals surface area contributed by atoms with E-state index >= 15 is 0 Å².